The summed E-state index contributed by atoms with van der Waals surface area (Å²) in [6, 6.07) is 15.5. The normalized spacial score (nSPS) is 23.7. The van der Waals surface area contributed by atoms with Gasteiger partial charge in [0.2, 0.25) is 11.1 Å². The average molecular weight is 417 g/mol. The third kappa shape index (κ3) is 2.94. The Labute approximate surface area is 170 Å². The van der Waals surface area contributed by atoms with Crippen LogP contribution in [0, 0.1) is 0 Å². The molecule has 0 amide bonds. The van der Waals surface area contributed by atoms with Gasteiger partial charge in [-0.3, -0.25) is 0 Å². The Morgan fingerprint density at radius 1 is 1.18 bits per heavy atom. The first-order valence-corrected chi connectivity index (χ1v) is 10.1. The number of aliphatic hydroxyl groups is 1. The van der Waals surface area contributed by atoms with Gasteiger partial charge in [0.25, 0.3) is 5.72 Å². The molecule has 3 N–H and O–H groups in total. The highest BCUT2D eigenvalue weighted by Gasteiger charge is 2.56. The second-order valence-corrected chi connectivity index (χ2v) is 7.64. The number of hydrogen-bond donors (Lipinski definition) is 3. The Hall–Kier alpha value is -2.55. The van der Waals surface area contributed by atoms with E-state index in [-0.39, 0.29) is 5.95 Å². The Morgan fingerprint density at radius 2 is 1.86 bits per heavy atom. The number of carboxylic acid groups (broad SMARTS) is 1. The molecule has 0 radical (unpaired) electrons. The molecule has 3 atom stereocenters. The Bertz CT molecular complexity index is 1010. The van der Waals surface area contributed by atoms with E-state index in [0.717, 1.165) is 10.2 Å². The minimum absolute atomic E-state index is 0.196. The molecule has 1 aliphatic heterocycles. The highest BCUT2D eigenvalue weighted by atomic mass is 35.5. The van der Waals surface area contributed by atoms with Crippen LogP contribution in [0.2, 0.25) is 5.02 Å². The monoisotopic (exact) mass is 416 g/mol. The summed E-state index contributed by atoms with van der Waals surface area (Å²) in [4.78, 5) is 16.7. The van der Waals surface area contributed by atoms with E-state index < -0.39 is 23.7 Å². The van der Waals surface area contributed by atoms with Gasteiger partial charge < -0.3 is 15.5 Å². The number of rotatable bonds is 4. The fraction of sp³-hybridized carbons (Fsp3) is 0.211. The maximum Gasteiger partial charge on any atom is 0.360 e. The van der Waals surface area contributed by atoms with E-state index in [4.69, 9.17) is 11.6 Å². The van der Waals surface area contributed by atoms with E-state index in [1.54, 1.807) is 54.8 Å². The van der Waals surface area contributed by atoms with Crippen LogP contribution in [0.15, 0.2) is 59.8 Å². The molecule has 0 saturated carbocycles. The average Bonchev–Trinajstić information content (AvgIpc) is 3.13. The Balaban J connectivity index is 1.96. The predicted molar refractivity (Wildman–Crippen MR) is 107 cm³/mol. The van der Waals surface area contributed by atoms with E-state index in [1.807, 2.05) is 6.07 Å². The number of carboxylic acids is 1. The topological polar surface area (TPSA) is 100 Å². The van der Waals surface area contributed by atoms with Gasteiger partial charge >= 0.3 is 5.97 Å². The van der Waals surface area contributed by atoms with Crippen LogP contribution in [0.5, 0.6) is 0 Å². The summed E-state index contributed by atoms with van der Waals surface area (Å²) >= 11 is 7.29. The van der Waals surface area contributed by atoms with Crippen molar-refractivity contribution < 1.29 is 15.0 Å². The molecule has 7 nitrogen and oxygen atoms in total. The van der Waals surface area contributed by atoms with Gasteiger partial charge in [0.05, 0.1) is 12.0 Å². The van der Waals surface area contributed by atoms with Gasteiger partial charge in [0.15, 0.2) is 0 Å². The Kier molecular flexibility index (Phi) is 4.78. The largest absolute Gasteiger partial charge is 0.478 e. The van der Waals surface area contributed by atoms with Crippen LogP contribution in [0.25, 0.3) is 0 Å². The number of aliphatic carboxylic acids is 1. The number of anilines is 1. The number of thioether (sulfide) groups is 1. The maximum absolute atomic E-state index is 12.4. The van der Waals surface area contributed by atoms with Crippen molar-refractivity contribution >= 4 is 35.3 Å². The molecule has 9 heteroatoms. The van der Waals surface area contributed by atoms with Crippen molar-refractivity contribution in [1.29, 1.82) is 0 Å². The fourth-order valence-corrected chi connectivity index (χ4v) is 4.02. The van der Waals surface area contributed by atoms with Crippen LogP contribution in [-0.4, -0.2) is 37.2 Å². The molecular weight excluding hydrogens is 400 g/mol. The lowest BCUT2D eigenvalue weighted by atomic mass is 9.78. The lowest BCUT2D eigenvalue weighted by molar-refractivity contribution is -0.179. The molecule has 0 fully saturated rings. The zero-order valence-electron chi connectivity index (χ0n) is 14.8. The number of nitrogens with one attached hydrogen (secondary N) is 1. The first-order chi connectivity index (χ1) is 13.4. The number of nitrogens with zero attached hydrogens (tertiary/aromatic N) is 3. The quantitative estimate of drug-likeness (QED) is 0.561. The van der Waals surface area contributed by atoms with Crippen LogP contribution in [-0.2, 0) is 10.5 Å². The number of hydrogen-bond acceptors (Lipinski definition) is 6. The van der Waals surface area contributed by atoms with Crippen molar-refractivity contribution in [3.05, 3.63) is 70.7 Å². The SMILES string of the molecule is CSc1nc2n(n1)[C@@](O)(C(=O)O)[C@@H](c1ccccc1)[C@@H](c1ccc(Cl)cc1)N2. The van der Waals surface area contributed by atoms with Crippen molar-refractivity contribution in [2.45, 2.75) is 22.8 Å². The molecular formula is C19H17ClN4O3S. The van der Waals surface area contributed by atoms with Crippen molar-refractivity contribution in [3.8, 4) is 0 Å². The van der Waals surface area contributed by atoms with Crippen molar-refractivity contribution in [2.75, 3.05) is 11.6 Å². The van der Waals surface area contributed by atoms with E-state index in [9.17, 15) is 15.0 Å². The fourth-order valence-electron chi connectivity index (χ4n) is 3.55. The highest BCUT2D eigenvalue weighted by Crippen LogP contribution is 2.48. The van der Waals surface area contributed by atoms with Gasteiger partial charge in [-0.15, -0.1) is 5.10 Å². The number of fused-ring (bicyclic) bond motifs is 1. The van der Waals surface area contributed by atoms with Gasteiger partial charge in [-0.1, -0.05) is 65.8 Å². The summed E-state index contributed by atoms with van der Waals surface area (Å²) < 4.78 is 1.06. The second-order valence-electron chi connectivity index (χ2n) is 6.43. The lowest BCUT2D eigenvalue weighted by Crippen LogP contribution is -2.54. The zero-order chi connectivity index (χ0) is 19.9. The molecule has 0 spiro atoms. The Morgan fingerprint density at radius 3 is 2.46 bits per heavy atom. The molecule has 0 aliphatic carbocycles. The number of benzene rings is 2. The molecule has 4 rings (SSSR count). The summed E-state index contributed by atoms with van der Waals surface area (Å²) in [5.41, 5.74) is -0.891. The van der Waals surface area contributed by atoms with E-state index in [1.165, 1.54) is 11.8 Å². The minimum atomic E-state index is -2.33. The lowest BCUT2D eigenvalue weighted by Gasteiger charge is -2.42. The van der Waals surface area contributed by atoms with Crippen LogP contribution < -0.4 is 5.32 Å². The highest BCUT2D eigenvalue weighted by molar-refractivity contribution is 7.98. The van der Waals surface area contributed by atoms with Crippen LogP contribution in [0.4, 0.5) is 5.95 Å². The molecule has 2 aromatic carbocycles. The molecule has 0 bridgehead atoms. The van der Waals surface area contributed by atoms with E-state index in [2.05, 4.69) is 15.4 Å². The van der Waals surface area contributed by atoms with Crippen LogP contribution in [0.1, 0.15) is 23.1 Å². The first-order valence-electron chi connectivity index (χ1n) is 8.49. The molecule has 144 valence electrons. The third-order valence-electron chi connectivity index (χ3n) is 4.85. The standard InChI is InChI=1S/C19H17ClN4O3S/c1-28-18-22-17-21-15(12-7-9-13(20)10-8-12)14(11-5-3-2-4-6-11)19(27,16(25)26)24(17)23-18/h2-10,14-15,27H,1H3,(H,25,26)(H,21,22,23)/t14-,15+,19-/m0/s1. The smallest absolute Gasteiger partial charge is 0.360 e. The summed E-state index contributed by atoms with van der Waals surface area (Å²) in [7, 11) is 0. The first kappa shape index (κ1) is 18.8. The van der Waals surface area contributed by atoms with Crippen molar-refractivity contribution in [3.63, 3.8) is 0 Å². The zero-order valence-corrected chi connectivity index (χ0v) is 16.4. The van der Waals surface area contributed by atoms with Gasteiger partial charge in [0.1, 0.15) is 0 Å². The summed E-state index contributed by atoms with van der Waals surface area (Å²) in [5, 5.41) is 30.0. The number of aromatic nitrogens is 3. The summed E-state index contributed by atoms with van der Waals surface area (Å²) in [6.45, 7) is 0. The molecule has 2 heterocycles. The van der Waals surface area contributed by atoms with Crippen molar-refractivity contribution in [1.82, 2.24) is 14.8 Å². The summed E-state index contributed by atoms with van der Waals surface area (Å²) in [6.07, 6.45) is 1.78. The van der Waals surface area contributed by atoms with Crippen molar-refractivity contribution in [2.24, 2.45) is 0 Å². The molecule has 0 unspecified atom stereocenters. The van der Waals surface area contributed by atoms with Gasteiger partial charge in [-0.2, -0.15) is 9.67 Å². The van der Waals surface area contributed by atoms with Crippen LogP contribution in [0.3, 0.4) is 0 Å². The van der Waals surface area contributed by atoms with E-state index in [0.29, 0.717) is 15.7 Å². The predicted octanol–water partition coefficient (Wildman–Crippen LogP) is 3.33. The molecule has 28 heavy (non-hydrogen) atoms. The van der Waals surface area contributed by atoms with Gasteiger partial charge in [-0.05, 0) is 29.5 Å². The number of halogens is 1. The third-order valence-corrected chi connectivity index (χ3v) is 5.64. The minimum Gasteiger partial charge on any atom is -0.478 e. The van der Waals surface area contributed by atoms with Gasteiger partial charge in [0, 0.05) is 5.02 Å². The molecule has 1 aromatic heterocycles. The summed E-state index contributed by atoms with van der Waals surface area (Å²) in [5.74, 6) is -2.07. The molecule has 0 saturated heterocycles. The maximum atomic E-state index is 12.4. The van der Waals surface area contributed by atoms with Crippen LogP contribution >= 0.6 is 23.4 Å². The van der Waals surface area contributed by atoms with Gasteiger partial charge in [-0.25, -0.2) is 4.79 Å². The number of carbonyl (C=O) groups is 1. The van der Waals surface area contributed by atoms with E-state index >= 15 is 0 Å². The molecule has 1 aliphatic rings. The second kappa shape index (κ2) is 7.12. The molecule has 3 aromatic rings.